The minimum absolute atomic E-state index is 0.203. The number of ether oxygens (including phenoxy) is 1. The third-order valence-corrected chi connectivity index (χ3v) is 3.18. The van der Waals surface area contributed by atoms with Gasteiger partial charge in [0.05, 0.1) is 6.61 Å². The van der Waals surface area contributed by atoms with Crippen molar-refractivity contribution < 1.29 is 9.13 Å². The van der Waals surface area contributed by atoms with Gasteiger partial charge in [-0.15, -0.1) is 0 Å². The van der Waals surface area contributed by atoms with Crippen LogP contribution in [-0.2, 0) is 6.42 Å². The van der Waals surface area contributed by atoms with Crippen molar-refractivity contribution in [1.82, 2.24) is 0 Å². The maximum absolute atomic E-state index is 13.6. The Balaban J connectivity index is 2.02. The zero-order chi connectivity index (χ0) is 14.4. The summed E-state index contributed by atoms with van der Waals surface area (Å²) >= 11 is 0. The molecular formula is C17H20FNO. The molecule has 0 saturated carbocycles. The van der Waals surface area contributed by atoms with E-state index in [0.29, 0.717) is 18.6 Å². The lowest BCUT2D eigenvalue weighted by molar-refractivity contribution is 0.317. The molecule has 3 heteroatoms. The van der Waals surface area contributed by atoms with E-state index in [-0.39, 0.29) is 11.9 Å². The van der Waals surface area contributed by atoms with Crippen LogP contribution in [0, 0.1) is 5.82 Å². The second-order valence-corrected chi connectivity index (χ2v) is 4.82. The smallest absolute Gasteiger partial charge is 0.126 e. The Kier molecular flexibility index (Phi) is 5.13. The number of hydrogen-bond donors (Lipinski definition) is 1. The zero-order valence-corrected chi connectivity index (χ0v) is 11.7. The van der Waals surface area contributed by atoms with Crippen molar-refractivity contribution in [2.24, 2.45) is 5.73 Å². The van der Waals surface area contributed by atoms with E-state index in [4.69, 9.17) is 10.5 Å². The Hall–Kier alpha value is -1.87. The summed E-state index contributed by atoms with van der Waals surface area (Å²) in [6, 6.07) is 14.2. The van der Waals surface area contributed by atoms with Crippen LogP contribution in [-0.4, -0.2) is 6.61 Å². The van der Waals surface area contributed by atoms with Crippen molar-refractivity contribution in [2.75, 3.05) is 6.61 Å². The molecule has 2 N–H and O–H groups in total. The third-order valence-electron chi connectivity index (χ3n) is 3.18. The van der Waals surface area contributed by atoms with Gasteiger partial charge in [0.1, 0.15) is 11.6 Å². The lowest BCUT2D eigenvalue weighted by Gasteiger charge is -2.13. The summed E-state index contributed by atoms with van der Waals surface area (Å²) < 4.78 is 19.1. The van der Waals surface area contributed by atoms with Gasteiger partial charge < -0.3 is 10.5 Å². The first-order valence-corrected chi connectivity index (χ1v) is 6.92. The molecule has 106 valence electrons. The van der Waals surface area contributed by atoms with Crippen molar-refractivity contribution in [3.8, 4) is 5.75 Å². The van der Waals surface area contributed by atoms with Crippen molar-refractivity contribution in [1.29, 1.82) is 0 Å². The van der Waals surface area contributed by atoms with E-state index in [0.717, 1.165) is 17.7 Å². The molecule has 0 fully saturated rings. The lowest BCUT2D eigenvalue weighted by Crippen LogP contribution is -2.14. The Morgan fingerprint density at radius 1 is 1.10 bits per heavy atom. The summed E-state index contributed by atoms with van der Waals surface area (Å²) in [5.41, 5.74) is 7.77. The summed E-state index contributed by atoms with van der Waals surface area (Å²) in [6.07, 6.45) is 1.47. The fourth-order valence-electron chi connectivity index (χ4n) is 2.05. The normalized spacial score (nSPS) is 12.2. The Labute approximate surface area is 119 Å². The average molecular weight is 273 g/mol. The van der Waals surface area contributed by atoms with E-state index < -0.39 is 0 Å². The number of rotatable bonds is 6. The first kappa shape index (κ1) is 14.5. The molecule has 20 heavy (non-hydrogen) atoms. The predicted molar refractivity (Wildman–Crippen MR) is 79.3 cm³/mol. The van der Waals surface area contributed by atoms with Gasteiger partial charge in [0.25, 0.3) is 0 Å². The topological polar surface area (TPSA) is 35.2 Å². The van der Waals surface area contributed by atoms with E-state index >= 15 is 0 Å². The molecular weight excluding hydrogens is 253 g/mol. The van der Waals surface area contributed by atoms with Crippen molar-refractivity contribution in [3.63, 3.8) is 0 Å². The molecule has 0 heterocycles. The minimum atomic E-state index is -0.216. The van der Waals surface area contributed by atoms with E-state index in [9.17, 15) is 4.39 Å². The van der Waals surface area contributed by atoms with Gasteiger partial charge in [-0.2, -0.15) is 0 Å². The highest BCUT2D eigenvalue weighted by Crippen LogP contribution is 2.20. The van der Waals surface area contributed by atoms with Crippen LogP contribution < -0.4 is 10.5 Å². The molecule has 0 saturated heterocycles. The standard InChI is InChI=1S/C17H20FNO/c1-2-11-20-15-9-7-13(8-10-15)17(19)12-14-5-3-4-6-16(14)18/h3-10,17H,2,11-12,19H2,1H3. The quantitative estimate of drug-likeness (QED) is 0.867. The molecule has 1 unspecified atom stereocenters. The number of hydrogen-bond acceptors (Lipinski definition) is 2. The second kappa shape index (κ2) is 7.06. The van der Waals surface area contributed by atoms with Crippen LogP contribution in [0.25, 0.3) is 0 Å². The van der Waals surface area contributed by atoms with E-state index in [1.807, 2.05) is 30.3 Å². The summed E-state index contributed by atoms with van der Waals surface area (Å²) in [4.78, 5) is 0. The largest absolute Gasteiger partial charge is 0.494 e. The Morgan fingerprint density at radius 3 is 2.45 bits per heavy atom. The number of benzene rings is 2. The molecule has 2 aromatic rings. The molecule has 0 amide bonds. The average Bonchev–Trinajstić information content (AvgIpc) is 2.48. The SMILES string of the molecule is CCCOc1ccc(C(N)Cc2ccccc2F)cc1. The van der Waals surface area contributed by atoms with Crippen LogP contribution in [0.15, 0.2) is 48.5 Å². The molecule has 0 aromatic heterocycles. The summed E-state index contributed by atoms with van der Waals surface area (Å²) in [5, 5.41) is 0. The molecule has 0 spiro atoms. The van der Waals surface area contributed by atoms with Gasteiger partial charge in [0.2, 0.25) is 0 Å². The summed E-state index contributed by atoms with van der Waals surface area (Å²) in [5.74, 6) is 0.638. The van der Waals surface area contributed by atoms with Crippen molar-refractivity contribution in [3.05, 3.63) is 65.5 Å². The van der Waals surface area contributed by atoms with E-state index in [1.165, 1.54) is 6.07 Å². The third kappa shape index (κ3) is 3.81. The predicted octanol–water partition coefficient (Wildman–Crippen LogP) is 3.86. The molecule has 2 nitrogen and oxygen atoms in total. The fraction of sp³-hybridized carbons (Fsp3) is 0.294. The Morgan fingerprint density at radius 2 is 1.80 bits per heavy atom. The van der Waals surface area contributed by atoms with Gasteiger partial charge in [-0.25, -0.2) is 4.39 Å². The Bertz CT molecular complexity index is 539. The highest BCUT2D eigenvalue weighted by molar-refractivity contribution is 5.30. The van der Waals surface area contributed by atoms with Gasteiger partial charge in [0, 0.05) is 6.04 Å². The summed E-state index contributed by atoms with van der Waals surface area (Å²) in [6.45, 7) is 2.78. The van der Waals surface area contributed by atoms with Crippen molar-refractivity contribution >= 4 is 0 Å². The van der Waals surface area contributed by atoms with Crippen LogP contribution in [0.1, 0.15) is 30.5 Å². The molecule has 0 radical (unpaired) electrons. The van der Waals surface area contributed by atoms with Crippen molar-refractivity contribution in [2.45, 2.75) is 25.8 Å². The molecule has 1 atom stereocenters. The summed E-state index contributed by atoms with van der Waals surface area (Å²) in [7, 11) is 0. The van der Waals surface area contributed by atoms with E-state index in [1.54, 1.807) is 12.1 Å². The van der Waals surface area contributed by atoms with Crippen LogP contribution in [0.4, 0.5) is 4.39 Å². The number of nitrogens with two attached hydrogens (primary N) is 1. The van der Waals surface area contributed by atoms with Crippen LogP contribution in [0.5, 0.6) is 5.75 Å². The maximum atomic E-state index is 13.6. The zero-order valence-electron chi connectivity index (χ0n) is 11.7. The molecule has 0 aliphatic heterocycles. The van der Waals surface area contributed by atoms with Crippen LogP contribution in [0.3, 0.4) is 0 Å². The number of halogens is 1. The first-order valence-electron chi connectivity index (χ1n) is 6.92. The van der Waals surface area contributed by atoms with Crippen LogP contribution in [0.2, 0.25) is 0 Å². The van der Waals surface area contributed by atoms with Gasteiger partial charge in [-0.05, 0) is 42.2 Å². The fourth-order valence-corrected chi connectivity index (χ4v) is 2.05. The molecule has 0 aliphatic carbocycles. The van der Waals surface area contributed by atoms with Gasteiger partial charge >= 0.3 is 0 Å². The van der Waals surface area contributed by atoms with E-state index in [2.05, 4.69) is 6.92 Å². The van der Waals surface area contributed by atoms with Crippen LogP contribution >= 0.6 is 0 Å². The molecule has 2 rings (SSSR count). The minimum Gasteiger partial charge on any atom is -0.494 e. The molecule has 2 aromatic carbocycles. The van der Waals surface area contributed by atoms with Gasteiger partial charge in [-0.3, -0.25) is 0 Å². The molecule has 0 bridgehead atoms. The lowest BCUT2D eigenvalue weighted by atomic mass is 9.99. The molecule has 0 aliphatic rings. The van der Waals surface area contributed by atoms with Gasteiger partial charge in [-0.1, -0.05) is 37.3 Å². The highest BCUT2D eigenvalue weighted by atomic mass is 19.1. The monoisotopic (exact) mass is 273 g/mol. The first-order chi connectivity index (χ1) is 9.70. The highest BCUT2D eigenvalue weighted by Gasteiger charge is 2.10. The maximum Gasteiger partial charge on any atom is 0.126 e. The van der Waals surface area contributed by atoms with Gasteiger partial charge in [0.15, 0.2) is 0 Å². The second-order valence-electron chi connectivity index (χ2n) is 4.82.